The van der Waals surface area contributed by atoms with Crippen molar-refractivity contribution in [3.8, 4) is 0 Å². The summed E-state index contributed by atoms with van der Waals surface area (Å²) in [6.07, 6.45) is 2.56. The number of carbonyl (C=O) groups is 3. The number of hydrogen-bond donors (Lipinski definition) is 2. The maximum absolute atomic E-state index is 11.9. The molecule has 150 valence electrons. The van der Waals surface area contributed by atoms with Crippen molar-refractivity contribution in [1.29, 1.82) is 0 Å². The first kappa shape index (κ1) is 22.6. The van der Waals surface area contributed by atoms with Crippen molar-refractivity contribution in [3.05, 3.63) is 29.8 Å². The highest BCUT2D eigenvalue weighted by Crippen LogP contribution is 2.11. The Labute approximate surface area is 161 Å². The predicted octanol–water partition coefficient (Wildman–Crippen LogP) is 2.43. The Morgan fingerprint density at radius 3 is 2.22 bits per heavy atom. The van der Waals surface area contributed by atoms with Gasteiger partial charge in [-0.2, -0.15) is 0 Å². The van der Waals surface area contributed by atoms with E-state index in [1.54, 1.807) is 24.3 Å². The number of esters is 1. The highest BCUT2D eigenvalue weighted by atomic mass is 16.5. The molecule has 0 aliphatic carbocycles. The fraction of sp³-hybridized carbons (Fsp3) is 0.550. The Morgan fingerprint density at radius 2 is 1.63 bits per heavy atom. The zero-order valence-corrected chi connectivity index (χ0v) is 16.5. The summed E-state index contributed by atoms with van der Waals surface area (Å²) >= 11 is 0. The zero-order chi connectivity index (χ0) is 20.1. The largest absolute Gasteiger partial charge is 0.462 e. The molecule has 0 aliphatic rings. The molecule has 1 aromatic carbocycles. The van der Waals surface area contributed by atoms with Gasteiger partial charge >= 0.3 is 17.8 Å². The van der Waals surface area contributed by atoms with E-state index in [-0.39, 0.29) is 0 Å². The van der Waals surface area contributed by atoms with Crippen LogP contribution in [0.1, 0.15) is 50.4 Å². The maximum atomic E-state index is 11.9. The maximum Gasteiger partial charge on any atom is 0.338 e. The Morgan fingerprint density at radius 1 is 0.963 bits per heavy atom. The average Bonchev–Trinajstić information content (AvgIpc) is 2.68. The van der Waals surface area contributed by atoms with Crippen LogP contribution in [0.4, 0.5) is 5.69 Å². The van der Waals surface area contributed by atoms with Gasteiger partial charge in [-0.3, -0.25) is 9.59 Å². The average molecular weight is 377 g/mol. The van der Waals surface area contributed by atoms with E-state index in [4.69, 9.17) is 4.74 Å². The lowest BCUT2D eigenvalue weighted by Crippen LogP contribution is -2.37. The van der Waals surface area contributed by atoms with Crippen molar-refractivity contribution in [3.63, 3.8) is 0 Å². The van der Waals surface area contributed by atoms with Crippen LogP contribution in [0.25, 0.3) is 0 Å². The molecule has 7 nitrogen and oxygen atoms in total. The van der Waals surface area contributed by atoms with E-state index >= 15 is 0 Å². The lowest BCUT2D eigenvalue weighted by atomic mass is 10.2. The van der Waals surface area contributed by atoms with Gasteiger partial charge in [0.15, 0.2) is 0 Å². The lowest BCUT2D eigenvalue weighted by molar-refractivity contribution is -0.136. The summed E-state index contributed by atoms with van der Waals surface area (Å²) in [7, 11) is 0. The molecule has 2 amide bonds. The van der Waals surface area contributed by atoms with E-state index in [2.05, 4.69) is 29.4 Å². The molecule has 2 N–H and O–H groups in total. The first-order valence-corrected chi connectivity index (χ1v) is 9.60. The van der Waals surface area contributed by atoms with Crippen molar-refractivity contribution in [2.75, 3.05) is 38.1 Å². The predicted molar refractivity (Wildman–Crippen MR) is 106 cm³/mol. The molecule has 0 fully saturated rings. The van der Waals surface area contributed by atoms with Crippen LogP contribution in [0, 0.1) is 0 Å². The number of nitrogens with zero attached hydrogens (tertiary/aromatic N) is 1. The molecule has 1 rings (SSSR count). The molecule has 0 unspecified atom stereocenters. The van der Waals surface area contributed by atoms with E-state index in [1.165, 1.54) is 0 Å². The smallest absolute Gasteiger partial charge is 0.338 e. The van der Waals surface area contributed by atoms with Crippen LogP contribution in [0.5, 0.6) is 0 Å². The molecule has 7 heteroatoms. The number of hydrogen-bond acceptors (Lipinski definition) is 5. The molecule has 1 aromatic rings. The monoisotopic (exact) mass is 377 g/mol. The molecule has 0 aliphatic heterocycles. The summed E-state index contributed by atoms with van der Waals surface area (Å²) in [5, 5.41) is 5.13. The number of anilines is 1. The molecule has 0 heterocycles. The third kappa shape index (κ3) is 8.68. The summed E-state index contributed by atoms with van der Waals surface area (Å²) in [5.41, 5.74) is 0.855. The molecule has 0 saturated carbocycles. The Balaban J connectivity index is 2.38. The Hall–Kier alpha value is -2.41. The minimum Gasteiger partial charge on any atom is -0.462 e. The molecular weight excluding hydrogens is 346 g/mol. The Bertz CT molecular complexity index is 598. The lowest BCUT2D eigenvalue weighted by Gasteiger charge is -2.17. The van der Waals surface area contributed by atoms with Crippen molar-refractivity contribution in [2.45, 2.75) is 40.0 Å². The van der Waals surface area contributed by atoms with Crippen LogP contribution < -0.4 is 10.6 Å². The van der Waals surface area contributed by atoms with E-state index in [9.17, 15) is 14.4 Å². The topological polar surface area (TPSA) is 87.7 Å². The number of benzene rings is 1. The third-order valence-electron chi connectivity index (χ3n) is 4.15. The summed E-state index contributed by atoms with van der Waals surface area (Å²) in [5.74, 6) is -1.79. The van der Waals surface area contributed by atoms with Crippen LogP contribution in [0.15, 0.2) is 24.3 Å². The summed E-state index contributed by atoms with van der Waals surface area (Å²) < 4.78 is 5.12. The van der Waals surface area contributed by atoms with Gasteiger partial charge in [0.2, 0.25) is 0 Å². The Kier molecular flexibility index (Phi) is 10.8. The highest BCUT2D eigenvalue weighted by molar-refractivity contribution is 6.39. The molecule has 0 saturated heterocycles. The first-order chi connectivity index (χ1) is 13.0. The molecular formula is C20H31N3O4. The summed E-state index contributed by atoms with van der Waals surface area (Å²) in [4.78, 5) is 37.8. The van der Waals surface area contributed by atoms with Gasteiger partial charge in [-0.05, 0) is 56.7 Å². The second kappa shape index (κ2) is 12.9. The molecule has 0 bridgehead atoms. The van der Waals surface area contributed by atoms with Crippen LogP contribution in [0.3, 0.4) is 0 Å². The highest BCUT2D eigenvalue weighted by Gasteiger charge is 2.14. The number of ether oxygens (including phenoxy) is 1. The van der Waals surface area contributed by atoms with Crippen molar-refractivity contribution >= 4 is 23.5 Å². The van der Waals surface area contributed by atoms with Crippen LogP contribution >= 0.6 is 0 Å². The number of nitrogens with one attached hydrogen (secondary N) is 2. The van der Waals surface area contributed by atoms with Gasteiger partial charge in [-0.25, -0.2) is 4.79 Å². The van der Waals surface area contributed by atoms with Crippen molar-refractivity contribution < 1.29 is 19.1 Å². The fourth-order valence-corrected chi connectivity index (χ4v) is 2.39. The number of unbranched alkanes of at least 4 members (excludes halogenated alkanes) is 1. The van der Waals surface area contributed by atoms with Crippen molar-refractivity contribution in [2.24, 2.45) is 0 Å². The van der Waals surface area contributed by atoms with Crippen LogP contribution in [-0.4, -0.2) is 55.5 Å². The number of amides is 2. The van der Waals surface area contributed by atoms with Crippen LogP contribution in [0.2, 0.25) is 0 Å². The van der Waals surface area contributed by atoms with Gasteiger partial charge in [-0.15, -0.1) is 0 Å². The van der Waals surface area contributed by atoms with E-state index in [0.29, 0.717) is 24.4 Å². The minimum absolute atomic E-state index is 0.391. The summed E-state index contributed by atoms with van der Waals surface area (Å²) in [6.45, 7) is 9.85. The van der Waals surface area contributed by atoms with Gasteiger partial charge in [0.05, 0.1) is 12.2 Å². The molecule has 0 aromatic heterocycles. The number of rotatable bonds is 11. The second-order valence-corrected chi connectivity index (χ2v) is 6.16. The molecule has 0 spiro atoms. The zero-order valence-electron chi connectivity index (χ0n) is 16.5. The molecule has 27 heavy (non-hydrogen) atoms. The van der Waals surface area contributed by atoms with E-state index in [1.807, 2.05) is 6.92 Å². The van der Waals surface area contributed by atoms with E-state index < -0.39 is 17.8 Å². The van der Waals surface area contributed by atoms with Gasteiger partial charge in [0.1, 0.15) is 0 Å². The molecule has 0 atom stereocenters. The first-order valence-electron chi connectivity index (χ1n) is 9.60. The summed E-state index contributed by atoms with van der Waals surface area (Å²) in [6, 6.07) is 6.27. The SMILES string of the molecule is CCCCOC(=O)c1ccc(NC(=O)C(=O)NCCCN(CC)CC)cc1. The van der Waals surface area contributed by atoms with Crippen molar-refractivity contribution in [1.82, 2.24) is 10.2 Å². The van der Waals surface area contributed by atoms with Gasteiger partial charge in [0, 0.05) is 12.2 Å². The fourth-order valence-electron chi connectivity index (χ4n) is 2.39. The standard InChI is InChI=1S/C20H31N3O4/c1-4-7-15-27-20(26)16-9-11-17(12-10-16)22-19(25)18(24)21-13-8-14-23(5-2)6-3/h9-12H,4-8,13-15H2,1-3H3,(H,21,24)(H,22,25). The molecule has 0 radical (unpaired) electrons. The van der Waals surface area contributed by atoms with Gasteiger partial charge in [0.25, 0.3) is 0 Å². The quantitative estimate of drug-likeness (QED) is 0.351. The van der Waals surface area contributed by atoms with Crippen LogP contribution in [-0.2, 0) is 14.3 Å². The van der Waals surface area contributed by atoms with Gasteiger partial charge < -0.3 is 20.3 Å². The second-order valence-electron chi connectivity index (χ2n) is 6.16. The number of carbonyl (C=O) groups excluding carboxylic acids is 3. The van der Waals surface area contributed by atoms with Gasteiger partial charge in [-0.1, -0.05) is 27.2 Å². The third-order valence-corrected chi connectivity index (χ3v) is 4.15. The van der Waals surface area contributed by atoms with E-state index in [0.717, 1.165) is 38.9 Å². The normalized spacial score (nSPS) is 10.5. The minimum atomic E-state index is -0.726.